The van der Waals surface area contributed by atoms with Crippen molar-refractivity contribution < 1.29 is 14.0 Å². The van der Waals surface area contributed by atoms with Gasteiger partial charge in [0.1, 0.15) is 5.76 Å². The molecule has 0 atom stereocenters. The largest absolute Gasteiger partial charge is 0.454 e. The summed E-state index contributed by atoms with van der Waals surface area (Å²) in [5.41, 5.74) is 2.66. The molecule has 0 bridgehead atoms. The molecule has 0 fully saturated rings. The lowest BCUT2D eigenvalue weighted by Gasteiger charge is -2.12. The lowest BCUT2D eigenvalue weighted by atomic mass is 10.1. The number of urea groups is 1. The quantitative estimate of drug-likeness (QED) is 0.424. The molecule has 4 aromatic rings. The number of nitrogens with zero attached hydrogens (tertiary/aromatic N) is 2. The minimum absolute atomic E-state index is 0.196. The van der Waals surface area contributed by atoms with E-state index < -0.39 is 0 Å². The summed E-state index contributed by atoms with van der Waals surface area (Å²) in [5, 5.41) is 12.5. The number of para-hydroxylation sites is 1. The number of aromatic nitrogens is 2. The highest BCUT2D eigenvalue weighted by Crippen LogP contribution is 2.22. The topological polar surface area (TPSA) is 101 Å². The predicted molar refractivity (Wildman–Crippen MR) is 118 cm³/mol. The summed E-state index contributed by atoms with van der Waals surface area (Å²) in [6, 6.07) is 19.2. The van der Waals surface area contributed by atoms with Crippen LogP contribution in [0.3, 0.4) is 0 Å². The number of aryl methyl sites for hydroxylation is 1. The van der Waals surface area contributed by atoms with Crippen LogP contribution in [-0.2, 0) is 6.54 Å². The zero-order chi connectivity index (χ0) is 21.6. The molecular weight excluding hydrogens is 394 g/mol. The summed E-state index contributed by atoms with van der Waals surface area (Å²) < 4.78 is 7.35. The van der Waals surface area contributed by atoms with Crippen molar-refractivity contribution in [1.29, 1.82) is 0 Å². The molecule has 0 unspecified atom stereocenters. The molecule has 0 saturated heterocycles. The molecule has 0 spiro atoms. The smallest absolute Gasteiger partial charge is 0.323 e. The molecule has 2 heterocycles. The molecule has 156 valence electrons. The minimum Gasteiger partial charge on any atom is -0.454 e. The Kier molecular flexibility index (Phi) is 5.79. The molecule has 0 aliphatic rings. The van der Waals surface area contributed by atoms with Gasteiger partial charge in [-0.05, 0) is 55.0 Å². The van der Waals surface area contributed by atoms with E-state index in [1.807, 2.05) is 43.5 Å². The lowest BCUT2D eigenvalue weighted by Crippen LogP contribution is -2.19. The summed E-state index contributed by atoms with van der Waals surface area (Å²) in [4.78, 5) is 24.9. The summed E-state index contributed by atoms with van der Waals surface area (Å²) >= 11 is 0. The third kappa shape index (κ3) is 5.18. The second kappa shape index (κ2) is 9.00. The van der Waals surface area contributed by atoms with Crippen LogP contribution >= 0.6 is 0 Å². The highest BCUT2D eigenvalue weighted by molar-refractivity contribution is 6.04. The third-order valence-corrected chi connectivity index (χ3v) is 4.54. The van der Waals surface area contributed by atoms with E-state index in [4.69, 9.17) is 4.42 Å². The first-order chi connectivity index (χ1) is 15.1. The van der Waals surface area contributed by atoms with Gasteiger partial charge in [-0.3, -0.25) is 9.48 Å². The molecule has 3 amide bonds. The van der Waals surface area contributed by atoms with E-state index in [1.54, 1.807) is 47.3 Å². The number of carbonyl (C=O) groups is 2. The Morgan fingerprint density at radius 1 is 0.935 bits per heavy atom. The first-order valence-corrected chi connectivity index (χ1v) is 9.68. The van der Waals surface area contributed by atoms with Gasteiger partial charge in [0.05, 0.1) is 6.54 Å². The van der Waals surface area contributed by atoms with Crippen LogP contribution < -0.4 is 16.0 Å². The van der Waals surface area contributed by atoms with Gasteiger partial charge in [0.25, 0.3) is 5.91 Å². The molecule has 0 radical (unpaired) electrons. The number of hydrogen-bond donors (Lipinski definition) is 3. The van der Waals surface area contributed by atoms with Crippen LogP contribution in [0.25, 0.3) is 0 Å². The van der Waals surface area contributed by atoms with E-state index in [9.17, 15) is 9.59 Å². The summed E-state index contributed by atoms with van der Waals surface area (Å²) in [6.07, 6.45) is 3.50. The van der Waals surface area contributed by atoms with Gasteiger partial charge in [-0.1, -0.05) is 24.3 Å². The molecule has 2 aromatic carbocycles. The van der Waals surface area contributed by atoms with Crippen molar-refractivity contribution in [2.75, 3.05) is 16.0 Å². The van der Waals surface area contributed by atoms with E-state index >= 15 is 0 Å². The summed E-state index contributed by atoms with van der Waals surface area (Å²) in [7, 11) is 0. The number of nitrogens with one attached hydrogen (secondary N) is 3. The van der Waals surface area contributed by atoms with Gasteiger partial charge in [0.15, 0.2) is 5.76 Å². The highest BCUT2D eigenvalue weighted by Gasteiger charge is 2.14. The SMILES string of the molecule is Cc1ccc(NC(=O)Nc2ccccc2)cc1NC(=O)c1ccc(Cn2cccn2)o1. The van der Waals surface area contributed by atoms with Gasteiger partial charge >= 0.3 is 6.03 Å². The Morgan fingerprint density at radius 2 is 1.74 bits per heavy atom. The van der Waals surface area contributed by atoms with Gasteiger partial charge in [0, 0.05) is 29.5 Å². The number of amides is 3. The maximum absolute atomic E-state index is 12.6. The number of furan rings is 1. The Labute approximate surface area is 178 Å². The zero-order valence-corrected chi connectivity index (χ0v) is 16.8. The molecule has 8 nitrogen and oxygen atoms in total. The fourth-order valence-corrected chi connectivity index (χ4v) is 2.97. The molecule has 3 N–H and O–H groups in total. The monoisotopic (exact) mass is 415 g/mol. The van der Waals surface area contributed by atoms with Crippen molar-refractivity contribution in [3.63, 3.8) is 0 Å². The van der Waals surface area contributed by atoms with E-state index in [2.05, 4.69) is 21.0 Å². The second-order valence-corrected chi connectivity index (χ2v) is 6.90. The van der Waals surface area contributed by atoms with Crippen LogP contribution in [0, 0.1) is 6.92 Å². The second-order valence-electron chi connectivity index (χ2n) is 6.90. The summed E-state index contributed by atoms with van der Waals surface area (Å²) in [6.45, 7) is 2.31. The first-order valence-electron chi connectivity index (χ1n) is 9.68. The highest BCUT2D eigenvalue weighted by atomic mass is 16.4. The molecule has 0 aliphatic carbocycles. The fraction of sp³-hybridized carbons (Fsp3) is 0.0870. The van der Waals surface area contributed by atoms with Crippen molar-refractivity contribution in [2.45, 2.75) is 13.5 Å². The van der Waals surface area contributed by atoms with Crippen LogP contribution in [0.5, 0.6) is 0 Å². The molecule has 31 heavy (non-hydrogen) atoms. The fourth-order valence-electron chi connectivity index (χ4n) is 2.97. The molecule has 0 saturated carbocycles. The van der Waals surface area contributed by atoms with E-state index in [0.29, 0.717) is 29.4 Å². The molecule has 4 rings (SSSR count). The van der Waals surface area contributed by atoms with Gasteiger partial charge in [-0.2, -0.15) is 5.10 Å². The number of anilines is 3. The maximum atomic E-state index is 12.6. The van der Waals surface area contributed by atoms with Gasteiger partial charge in [-0.25, -0.2) is 4.79 Å². The average molecular weight is 415 g/mol. The van der Waals surface area contributed by atoms with Crippen LogP contribution in [0.2, 0.25) is 0 Å². The molecule has 0 aliphatic heterocycles. The van der Waals surface area contributed by atoms with E-state index in [-0.39, 0.29) is 17.7 Å². The standard InChI is InChI=1S/C23H21N5O3/c1-16-8-9-18(26-23(30)25-17-6-3-2-4-7-17)14-20(16)27-22(29)21-11-10-19(31-21)15-28-13-5-12-24-28/h2-14H,15H2,1H3,(H,27,29)(H2,25,26,30). The molecule has 8 heteroatoms. The minimum atomic E-state index is -0.374. The first kappa shape index (κ1) is 20.0. The number of benzene rings is 2. The number of carbonyl (C=O) groups excluding carboxylic acids is 2. The van der Waals surface area contributed by atoms with Gasteiger partial charge in [0.2, 0.25) is 0 Å². The van der Waals surface area contributed by atoms with Gasteiger partial charge in [-0.15, -0.1) is 0 Å². The lowest BCUT2D eigenvalue weighted by molar-refractivity contribution is 0.0994. The van der Waals surface area contributed by atoms with Crippen molar-refractivity contribution in [2.24, 2.45) is 0 Å². The van der Waals surface area contributed by atoms with E-state index in [0.717, 1.165) is 5.56 Å². The summed E-state index contributed by atoms with van der Waals surface area (Å²) in [5.74, 6) is 0.445. The average Bonchev–Trinajstić information content (AvgIpc) is 3.44. The zero-order valence-electron chi connectivity index (χ0n) is 16.8. The Morgan fingerprint density at radius 3 is 2.52 bits per heavy atom. The van der Waals surface area contributed by atoms with Crippen molar-refractivity contribution in [1.82, 2.24) is 9.78 Å². The van der Waals surface area contributed by atoms with Crippen molar-refractivity contribution >= 4 is 29.0 Å². The number of rotatable bonds is 6. The van der Waals surface area contributed by atoms with Crippen molar-refractivity contribution in [3.05, 3.63) is 96.2 Å². The Bertz CT molecular complexity index is 1180. The van der Waals surface area contributed by atoms with Crippen LogP contribution in [0.1, 0.15) is 21.9 Å². The third-order valence-electron chi connectivity index (χ3n) is 4.54. The molecule has 2 aromatic heterocycles. The Balaban J connectivity index is 1.40. The van der Waals surface area contributed by atoms with Crippen LogP contribution in [-0.4, -0.2) is 21.7 Å². The van der Waals surface area contributed by atoms with Crippen LogP contribution in [0.15, 0.2) is 83.5 Å². The van der Waals surface area contributed by atoms with Gasteiger partial charge < -0.3 is 20.4 Å². The van der Waals surface area contributed by atoms with Crippen molar-refractivity contribution in [3.8, 4) is 0 Å². The molecular formula is C23H21N5O3. The predicted octanol–water partition coefficient (Wildman–Crippen LogP) is 4.73. The maximum Gasteiger partial charge on any atom is 0.323 e. The van der Waals surface area contributed by atoms with E-state index in [1.165, 1.54) is 0 Å². The van der Waals surface area contributed by atoms with Crippen LogP contribution in [0.4, 0.5) is 21.9 Å². The number of hydrogen-bond acceptors (Lipinski definition) is 4. The normalized spacial score (nSPS) is 10.5. The Hall–Kier alpha value is -4.33.